The van der Waals surface area contributed by atoms with Crippen LogP contribution in [0.3, 0.4) is 0 Å². The molecule has 1 aromatic heterocycles. The van der Waals surface area contributed by atoms with E-state index in [2.05, 4.69) is 10.2 Å². The molecule has 10 heteroatoms. The van der Waals surface area contributed by atoms with Gasteiger partial charge in [0.2, 0.25) is 11.8 Å². The molecule has 1 heterocycles. The van der Waals surface area contributed by atoms with Crippen molar-refractivity contribution in [2.24, 2.45) is 0 Å². The highest BCUT2D eigenvalue weighted by molar-refractivity contribution is 8.00. The van der Waals surface area contributed by atoms with Gasteiger partial charge in [-0.2, -0.15) is 13.2 Å². The first-order chi connectivity index (χ1) is 11.8. The summed E-state index contributed by atoms with van der Waals surface area (Å²) in [6.45, 7) is 0.0903. The zero-order valence-corrected chi connectivity index (χ0v) is 14.3. The molecule has 1 atom stereocenters. The summed E-state index contributed by atoms with van der Waals surface area (Å²) in [5.74, 6) is 0.317. The van der Waals surface area contributed by atoms with Gasteiger partial charge in [0.25, 0.3) is 5.22 Å². The Morgan fingerprint density at radius 2 is 2.00 bits per heavy atom. The molecule has 0 saturated heterocycles. The van der Waals surface area contributed by atoms with Gasteiger partial charge in [-0.05, 0) is 24.6 Å². The quantitative estimate of drug-likeness (QED) is 0.750. The third-order valence-electron chi connectivity index (χ3n) is 3.07. The van der Waals surface area contributed by atoms with E-state index < -0.39 is 23.9 Å². The lowest BCUT2D eigenvalue weighted by atomic mass is 10.1. The lowest BCUT2D eigenvalue weighted by Crippen LogP contribution is -2.37. The number of nitrogens with zero attached hydrogens (tertiary/aromatic N) is 2. The minimum atomic E-state index is -4.45. The van der Waals surface area contributed by atoms with Gasteiger partial charge >= 0.3 is 6.18 Å². The highest BCUT2D eigenvalue weighted by Crippen LogP contribution is 2.23. The lowest BCUT2D eigenvalue weighted by Gasteiger charge is -2.11. The number of carbonyl (C=O) groups is 1. The van der Waals surface area contributed by atoms with Crippen molar-refractivity contribution in [3.05, 3.63) is 35.7 Å². The Morgan fingerprint density at radius 1 is 1.32 bits per heavy atom. The number of alkyl halides is 3. The lowest BCUT2D eigenvalue weighted by molar-refractivity contribution is -0.137. The van der Waals surface area contributed by atoms with E-state index in [1.807, 2.05) is 17.4 Å². The Kier molecular flexibility index (Phi) is 6.29. The third-order valence-corrected chi connectivity index (χ3v) is 4.01. The fraction of sp³-hybridized carbons (Fsp3) is 0.400. The van der Waals surface area contributed by atoms with Crippen LogP contribution >= 0.6 is 11.8 Å². The number of benzene rings is 1. The topological polar surface area (TPSA) is 77.2 Å². The van der Waals surface area contributed by atoms with E-state index in [-0.39, 0.29) is 5.22 Å². The average molecular weight is 375 g/mol. The third kappa shape index (κ3) is 6.29. The van der Waals surface area contributed by atoms with E-state index in [0.29, 0.717) is 12.3 Å². The van der Waals surface area contributed by atoms with E-state index in [0.717, 1.165) is 23.1 Å². The molecule has 2 rings (SSSR count). The summed E-state index contributed by atoms with van der Waals surface area (Å²) in [6.07, 6.45) is -4.05. The van der Waals surface area contributed by atoms with Crippen molar-refractivity contribution < 1.29 is 27.1 Å². The zero-order chi connectivity index (χ0) is 18.4. The maximum Gasteiger partial charge on any atom is 0.405 e. The second-order valence-electron chi connectivity index (χ2n) is 5.08. The maximum atomic E-state index is 12.1. The Hall–Kier alpha value is -2.23. The van der Waals surface area contributed by atoms with Gasteiger partial charge in [-0.15, -0.1) is 10.2 Å². The summed E-state index contributed by atoms with van der Waals surface area (Å²) < 4.78 is 46.8. The first-order valence-electron chi connectivity index (χ1n) is 7.23. The van der Waals surface area contributed by atoms with Crippen molar-refractivity contribution in [3.63, 3.8) is 0 Å². The fourth-order valence-electron chi connectivity index (χ4n) is 1.81. The van der Waals surface area contributed by atoms with Crippen LogP contribution in [0.15, 0.2) is 33.9 Å². The van der Waals surface area contributed by atoms with Crippen molar-refractivity contribution in [2.75, 3.05) is 13.7 Å². The minimum Gasteiger partial charge on any atom is -0.497 e. The molecule has 2 aromatic rings. The summed E-state index contributed by atoms with van der Waals surface area (Å²) in [4.78, 5) is 11.6. The number of hydrogen-bond acceptors (Lipinski definition) is 6. The minimum absolute atomic E-state index is 0.123. The first-order valence-corrected chi connectivity index (χ1v) is 8.11. The van der Waals surface area contributed by atoms with E-state index in [9.17, 15) is 18.0 Å². The molecule has 25 heavy (non-hydrogen) atoms. The highest BCUT2D eigenvalue weighted by Gasteiger charge is 2.29. The summed E-state index contributed by atoms with van der Waals surface area (Å²) in [5.41, 5.74) is 0.928. The zero-order valence-electron chi connectivity index (χ0n) is 13.5. The number of halogens is 3. The smallest absolute Gasteiger partial charge is 0.405 e. The summed E-state index contributed by atoms with van der Waals surface area (Å²) in [7, 11) is 1.57. The Balaban J connectivity index is 1.88. The van der Waals surface area contributed by atoms with Crippen molar-refractivity contribution in [2.45, 2.75) is 30.0 Å². The number of nitrogens with one attached hydrogen (secondary N) is 1. The molecule has 0 fully saturated rings. The molecule has 1 amide bonds. The standard InChI is InChI=1S/C15H16F3N3O3S/c1-9(13(22)19-8-15(16,17)18)25-14-21-20-12(24-14)7-10-3-5-11(23-2)6-4-10/h3-6,9H,7-8H2,1-2H3,(H,19,22). The van der Waals surface area contributed by atoms with Crippen molar-refractivity contribution in [1.29, 1.82) is 0 Å². The van der Waals surface area contributed by atoms with Crippen molar-refractivity contribution in [1.82, 2.24) is 15.5 Å². The van der Waals surface area contributed by atoms with Crippen LogP contribution in [0, 0.1) is 0 Å². The number of thioether (sulfide) groups is 1. The molecule has 0 bridgehead atoms. The number of amides is 1. The van der Waals surface area contributed by atoms with Crippen LogP contribution in [0.4, 0.5) is 13.2 Å². The molecule has 1 unspecified atom stereocenters. The van der Waals surface area contributed by atoms with Gasteiger partial charge in [-0.1, -0.05) is 23.9 Å². The van der Waals surface area contributed by atoms with Gasteiger partial charge in [0.1, 0.15) is 12.3 Å². The molecule has 0 aliphatic rings. The number of methoxy groups -OCH3 is 1. The monoisotopic (exact) mass is 375 g/mol. The number of ether oxygens (including phenoxy) is 1. The van der Waals surface area contributed by atoms with Crippen LogP contribution in [0.1, 0.15) is 18.4 Å². The molecule has 6 nitrogen and oxygen atoms in total. The van der Waals surface area contributed by atoms with E-state index >= 15 is 0 Å². The molecule has 0 saturated carbocycles. The van der Waals surface area contributed by atoms with Crippen LogP contribution in [-0.2, 0) is 11.2 Å². The van der Waals surface area contributed by atoms with Crippen LogP contribution in [0.5, 0.6) is 5.75 Å². The second kappa shape index (κ2) is 8.24. The highest BCUT2D eigenvalue weighted by atomic mass is 32.2. The SMILES string of the molecule is COc1ccc(Cc2nnc(SC(C)C(=O)NCC(F)(F)F)o2)cc1. The normalized spacial score (nSPS) is 12.7. The summed E-state index contributed by atoms with van der Waals surface area (Å²) in [5, 5.41) is 8.81. The molecule has 0 radical (unpaired) electrons. The Labute approximate surface area is 146 Å². The van der Waals surface area contributed by atoms with E-state index in [1.165, 1.54) is 6.92 Å². The largest absolute Gasteiger partial charge is 0.497 e. The van der Waals surface area contributed by atoms with Crippen LogP contribution in [-0.4, -0.2) is 41.2 Å². The maximum absolute atomic E-state index is 12.1. The molecule has 0 aliphatic heterocycles. The Bertz CT molecular complexity index is 704. The molecular formula is C15H16F3N3O3S. The molecule has 0 spiro atoms. The van der Waals surface area contributed by atoms with Gasteiger partial charge in [0, 0.05) is 0 Å². The van der Waals surface area contributed by atoms with Crippen LogP contribution in [0.2, 0.25) is 0 Å². The van der Waals surface area contributed by atoms with Crippen LogP contribution in [0.25, 0.3) is 0 Å². The average Bonchev–Trinajstić information content (AvgIpc) is 2.99. The second-order valence-corrected chi connectivity index (χ2v) is 6.37. The van der Waals surface area contributed by atoms with E-state index in [4.69, 9.17) is 9.15 Å². The van der Waals surface area contributed by atoms with E-state index in [1.54, 1.807) is 19.2 Å². The van der Waals surface area contributed by atoms with Crippen molar-refractivity contribution >= 4 is 17.7 Å². The molecular weight excluding hydrogens is 359 g/mol. The molecule has 0 aliphatic carbocycles. The van der Waals surface area contributed by atoms with Crippen LogP contribution < -0.4 is 10.1 Å². The number of rotatable bonds is 7. The van der Waals surface area contributed by atoms with Gasteiger partial charge < -0.3 is 14.5 Å². The molecule has 1 aromatic carbocycles. The number of aromatic nitrogens is 2. The van der Waals surface area contributed by atoms with Gasteiger partial charge in [-0.25, -0.2) is 0 Å². The van der Waals surface area contributed by atoms with Gasteiger partial charge in [0.15, 0.2) is 0 Å². The van der Waals surface area contributed by atoms with Gasteiger partial charge in [-0.3, -0.25) is 4.79 Å². The van der Waals surface area contributed by atoms with Crippen molar-refractivity contribution in [3.8, 4) is 5.75 Å². The fourth-order valence-corrected chi connectivity index (χ4v) is 2.54. The Morgan fingerprint density at radius 3 is 2.60 bits per heavy atom. The summed E-state index contributed by atoms with van der Waals surface area (Å²) in [6, 6.07) is 7.30. The first kappa shape index (κ1) is 19.1. The summed E-state index contributed by atoms with van der Waals surface area (Å²) >= 11 is 0.900. The molecule has 1 N–H and O–H groups in total. The number of hydrogen-bond donors (Lipinski definition) is 1. The number of carbonyl (C=O) groups excluding carboxylic acids is 1. The molecule has 136 valence electrons. The van der Waals surface area contributed by atoms with Gasteiger partial charge in [0.05, 0.1) is 18.8 Å². The predicted octanol–water partition coefficient (Wildman–Crippen LogP) is 2.83. The predicted molar refractivity (Wildman–Crippen MR) is 84.5 cm³/mol.